The molecule has 10 heteroatoms. The first-order valence-electron chi connectivity index (χ1n) is 8.25. The van der Waals surface area contributed by atoms with E-state index < -0.39 is 6.03 Å². The zero-order valence-electron chi connectivity index (χ0n) is 14.4. The zero-order chi connectivity index (χ0) is 19.3. The number of hydrogen-bond donors (Lipinski definition) is 2. The van der Waals surface area contributed by atoms with Crippen molar-refractivity contribution in [1.29, 1.82) is 0 Å². The van der Waals surface area contributed by atoms with E-state index in [0.717, 1.165) is 11.3 Å². The van der Waals surface area contributed by atoms with Crippen LogP contribution >= 0.6 is 11.3 Å². The van der Waals surface area contributed by atoms with Crippen LogP contribution in [0.5, 0.6) is 0 Å². The molecule has 3 heterocycles. The fourth-order valence-electron chi connectivity index (χ4n) is 2.40. The molecule has 140 valence electrons. The minimum atomic E-state index is -0.404. The molecule has 2 amide bonds. The first-order chi connectivity index (χ1) is 13.7. The van der Waals surface area contributed by atoms with Gasteiger partial charge in [-0.05, 0) is 36.4 Å². The molecule has 8 nitrogen and oxygen atoms in total. The van der Waals surface area contributed by atoms with Crippen LogP contribution < -0.4 is 10.6 Å². The number of halogens is 1. The lowest BCUT2D eigenvalue weighted by Gasteiger charge is -2.03. The summed E-state index contributed by atoms with van der Waals surface area (Å²) in [5, 5.41) is 15.7. The molecule has 0 aliphatic rings. The van der Waals surface area contributed by atoms with E-state index in [0.29, 0.717) is 16.5 Å². The number of nitrogens with zero attached hydrogens (tertiary/aromatic N) is 5. The number of aromatic nitrogens is 5. The molecule has 1 aromatic carbocycles. The topological polar surface area (TPSA) is 97.6 Å². The van der Waals surface area contributed by atoms with Crippen molar-refractivity contribution >= 4 is 22.5 Å². The molecule has 0 saturated heterocycles. The second-order valence-electron chi connectivity index (χ2n) is 5.71. The second kappa shape index (κ2) is 7.92. The summed E-state index contributed by atoms with van der Waals surface area (Å²) in [5.74, 6) is -0.308. The van der Waals surface area contributed by atoms with Gasteiger partial charge in [0.2, 0.25) is 0 Å². The Kier molecular flexibility index (Phi) is 5.02. The van der Waals surface area contributed by atoms with Crippen molar-refractivity contribution in [2.24, 2.45) is 0 Å². The van der Waals surface area contributed by atoms with E-state index >= 15 is 0 Å². The van der Waals surface area contributed by atoms with Crippen LogP contribution in [-0.4, -0.2) is 31.0 Å². The van der Waals surface area contributed by atoms with E-state index in [1.165, 1.54) is 23.5 Å². The number of thiazole rings is 1. The molecule has 0 atom stereocenters. The Bertz CT molecular complexity index is 1080. The van der Waals surface area contributed by atoms with Crippen molar-refractivity contribution in [3.63, 3.8) is 0 Å². The van der Waals surface area contributed by atoms with Gasteiger partial charge >= 0.3 is 6.03 Å². The van der Waals surface area contributed by atoms with Crippen LogP contribution in [-0.2, 0) is 6.54 Å². The highest BCUT2D eigenvalue weighted by Gasteiger charge is 2.09. The van der Waals surface area contributed by atoms with E-state index in [2.05, 4.69) is 30.9 Å². The molecule has 0 saturated carbocycles. The summed E-state index contributed by atoms with van der Waals surface area (Å²) in [6.45, 7) is 0.215. The SMILES string of the molecule is O=C(NCc1cn(-c2ccncc2)nn1)Nc1nc(-c2ccc(F)cc2)cs1. The summed E-state index contributed by atoms with van der Waals surface area (Å²) < 4.78 is 14.6. The van der Waals surface area contributed by atoms with Gasteiger partial charge < -0.3 is 5.32 Å². The highest BCUT2D eigenvalue weighted by molar-refractivity contribution is 7.14. The fraction of sp³-hybridized carbons (Fsp3) is 0.0556. The molecule has 4 rings (SSSR count). The third kappa shape index (κ3) is 4.18. The van der Waals surface area contributed by atoms with Crippen molar-refractivity contribution in [2.45, 2.75) is 6.54 Å². The van der Waals surface area contributed by atoms with Gasteiger partial charge in [0.1, 0.15) is 11.5 Å². The van der Waals surface area contributed by atoms with E-state index in [9.17, 15) is 9.18 Å². The van der Waals surface area contributed by atoms with Gasteiger partial charge in [0, 0.05) is 23.3 Å². The number of amides is 2. The number of benzene rings is 1. The maximum Gasteiger partial charge on any atom is 0.321 e. The van der Waals surface area contributed by atoms with Crippen LogP contribution in [0.25, 0.3) is 16.9 Å². The zero-order valence-corrected chi connectivity index (χ0v) is 15.2. The number of nitrogens with one attached hydrogen (secondary N) is 2. The third-order valence-corrected chi connectivity index (χ3v) is 4.52. The average Bonchev–Trinajstić information content (AvgIpc) is 3.37. The maximum atomic E-state index is 13.0. The van der Waals surface area contributed by atoms with Gasteiger partial charge in [-0.3, -0.25) is 10.3 Å². The first-order valence-corrected chi connectivity index (χ1v) is 9.13. The van der Waals surface area contributed by atoms with Gasteiger partial charge in [0.15, 0.2) is 5.13 Å². The molecule has 28 heavy (non-hydrogen) atoms. The maximum absolute atomic E-state index is 13.0. The largest absolute Gasteiger partial charge is 0.332 e. The lowest BCUT2D eigenvalue weighted by atomic mass is 10.2. The summed E-state index contributed by atoms with van der Waals surface area (Å²) >= 11 is 1.29. The molecule has 3 aromatic heterocycles. The van der Waals surface area contributed by atoms with E-state index in [1.807, 2.05) is 0 Å². The monoisotopic (exact) mass is 395 g/mol. The van der Waals surface area contributed by atoms with E-state index in [1.54, 1.807) is 52.9 Å². The van der Waals surface area contributed by atoms with Gasteiger partial charge in [-0.25, -0.2) is 18.9 Å². The van der Waals surface area contributed by atoms with E-state index in [4.69, 9.17) is 0 Å². The Balaban J connectivity index is 1.33. The minimum Gasteiger partial charge on any atom is -0.332 e. The summed E-state index contributed by atoms with van der Waals surface area (Å²) in [5.41, 5.74) is 2.88. The molecular weight excluding hydrogens is 381 g/mol. The summed E-state index contributed by atoms with van der Waals surface area (Å²) in [7, 11) is 0. The lowest BCUT2D eigenvalue weighted by Crippen LogP contribution is -2.28. The quantitative estimate of drug-likeness (QED) is 0.541. The number of hydrogen-bond acceptors (Lipinski definition) is 6. The molecule has 0 aliphatic heterocycles. The number of carbonyl (C=O) groups is 1. The van der Waals surface area contributed by atoms with Gasteiger partial charge in [-0.15, -0.1) is 16.4 Å². The van der Waals surface area contributed by atoms with E-state index in [-0.39, 0.29) is 12.4 Å². The van der Waals surface area contributed by atoms with Crippen LogP contribution in [0.4, 0.5) is 14.3 Å². The second-order valence-corrected chi connectivity index (χ2v) is 6.57. The van der Waals surface area contributed by atoms with Crippen LogP contribution in [0.15, 0.2) is 60.4 Å². The van der Waals surface area contributed by atoms with Gasteiger partial charge in [0.25, 0.3) is 0 Å². The smallest absolute Gasteiger partial charge is 0.321 e. The average molecular weight is 395 g/mol. The number of carbonyl (C=O) groups excluding carboxylic acids is 1. The summed E-state index contributed by atoms with van der Waals surface area (Å²) in [6.07, 6.45) is 5.05. The highest BCUT2D eigenvalue weighted by Crippen LogP contribution is 2.24. The van der Waals surface area contributed by atoms with Crippen molar-refractivity contribution in [3.05, 3.63) is 71.9 Å². The molecule has 0 radical (unpaired) electrons. The Hall–Kier alpha value is -3.66. The Morgan fingerprint density at radius 1 is 1.14 bits per heavy atom. The fourth-order valence-corrected chi connectivity index (χ4v) is 3.11. The van der Waals surface area contributed by atoms with Crippen LogP contribution in [0.2, 0.25) is 0 Å². The lowest BCUT2D eigenvalue weighted by molar-refractivity contribution is 0.251. The Morgan fingerprint density at radius 3 is 2.71 bits per heavy atom. The first kappa shape index (κ1) is 17.7. The van der Waals surface area contributed by atoms with Crippen molar-refractivity contribution < 1.29 is 9.18 Å². The van der Waals surface area contributed by atoms with Gasteiger partial charge in [-0.1, -0.05) is 5.21 Å². The van der Waals surface area contributed by atoms with Gasteiger partial charge in [0.05, 0.1) is 24.1 Å². The molecule has 0 aliphatic carbocycles. The Morgan fingerprint density at radius 2 is 1.93 bits per heavy atom. The molecule has 0 fully saturated rings. The number of urea groups is 1. The minimum absolute atomic E-state index is 0.215. The number of pyridine rings is 1. The molecular formula is C18H14FN7OS. The number of rotatable bonds is 5. The van der Waals surface area contributed by atoms with Crippen LogP contribution in [0, 0.1) is 5.82 Å². The predicted molar refractivity (Wildman–Crippen MR) is 103 cm³/mol. The Labute approximate surface area is 163 Å². The number of anilines is 1. The van der Waals surface area contributed by atoms with Gasteiger partial charge in [-0.2, -0.15) is 0 Å². The highest BCUT2D eigenvalue weighted by atomic mass is 32.1. The molecule has 0 bridgehead atoms. The molecule has 0 spiro atoms. The van der Waals surface area contributed by atoms with Crippen LogP contribution in [0.3, 0.4) is 0 Å². The molecule has 2 N–H and O–H groups in total. The third-order valence-electron chi connectivity index (χ3n) is 3.76. The van der Waals surface area contributed by atoms with Crippen LogP contribution in [0.1, 0.15) is 5.69 Å². The molecule has 4 aromatic rings. The van der Waals surface area contributed by atoms with Crippen molar-refractivity contribution in [1.82, 2.24) is 30.3 Å². The normalized spacial score (nSPS) is 10.6. The van der Waals surface area contributed by atoms with Crippen molar-refractivity contribution in [3.8, 4) is 16.9 Å². The standard InChI is InChI=1S/C18H14FN7OS/c19-13-3-1-12(2-4-13)16-11-28-18(22-16)23-17(27)21-9-14-10-26(25-24-14)15-5-7-20-8-6-15/h1-8,10-11H,9H2,(H2,21,22,23,27). The molecule has 0 unspecified atom stereocenters. The van der Waals surface area contributed by atoms with Crippen molar-refractivity contribution in [2.75, 3.05) is 5.32 Å². The predicted octanol–water partition coefficient (Wildman–Crippen LogP) is 3.25. The summed E-state index contributed by atoms with van der Waals surface area (Å²) in [4.78, 5) is 20.4. The summed E-state index contributed by atoms with van der Waals surface area (Å²) in [6, 6.07) is 9.22.